The number of nitrogens with two attached hydrogens (primary N) is 1. The van der Waals surface area contributed by atoms with Gasteiger partial charge in [0.2, 0.25) is 0 Å². The zero-order valence-electron chi connectivity index (χ0n) is 11.0. The molecular formula is C17H12ClF2N. The smallest absolute Gasteiger partial charge is 0.163 e. The largest absolute Gasteiger partial charge is 0.320 e. The molecule has 0 spiro atoms. The Labute approximate surface area is 126 Å². The highest BCUT2D eigenvalue weighted by Crippen LogP contribution is 2.32. The SMILES string of the molecule is NC(c1cccc(F)c1F)c1ccc(Cl)c2ccccc12. The van der Waals surface area contributed by atoms with E-state index in [1.54, 1.807) is 12.1 Å². The Hall–Kier alpha value is -1.97. The lowest BCUT2D eigenvalue weighted by Gasteiger charge is -2.16. The van der Waals surface area contributed by atoms with Crippen molar-refractivity contribution in [2.45, 2.75) is 6.04 Å². The Morgan fingerprint density at radius 2 is 1.52 bits per heavy atom. The molecule has 0 fully saturated rings. The highest BCUT2D eigenvalue weighted by molar-refractivity contribution is 6.35. The van der Waals surface area contributed by atoms with Crippen molar-refractivity contribution < 1.29 is 8.78 Å². The molecule has 4 heteroatoms. The molecule has 3 aromatic rings. The van der Waals surface area contributed by atoms with E-state index in [-0.39, 0.29) is 5.56 Å². The summed E-state index contributed by atoms with van der Waals surface area (Å²) in [5.74, 6) is -1.81. The molecule has 0 amide bonds. The van der Waals surface area contributed by atoms with Crippen LogP contribution >= 0.6 is 11.6 Å². The number of fused-ring (bicyclic) bond motifs is 1. The maximum atomic E-state index is 13.9. The van der Waals surface area contributed by atoms with Crippen LogP contribution in [0.3, 0.4) is 0 Å². The third-order valence-electron chi connectivity index (χ3n) is 3.56. The molecule has 0 saturated heterocycles. The second kappa shape index (κ2) is 5.43. The van der Waals surface area contributed by atoms with Crippen molar-refractivity contribution in [1.29, 1.82) is 0 Å². The van der Waals surface area contributed by atoms with Crippen molar-refractivity contribution in [1.82, 2.24) is 0 Å². The Balaban J connectivity index is 2.21. The maximum absolute atomic E-state index is 13.9. The van der Waals surface area contributed by atoms with Gasteiger partial charge in [-0.2, -0.15) is 0 Å². The summed E-state index contributed by atoms with van der Waals surface area (Å²) in [6.07, 6.45) is 0. The maximum Gasteiger partial charge on any atom is 0.163 e. The minimum absolute atomic E-state index is 0.127. The molecule has 0 radical (unpaired) electrons. The number of rotatable bonds is 2. The standard InChI is InChI=1S/C17H12ClF2N/c18-14-9-8-12(10-4-1-2-5-11(10)14)17(21)13-6-3-7-15(19)16(13)20/h1-9,17H,21H2. The molecule has 3 aromatic carbocycles. The van der Waals surface area contributed by atoms with Gasteiger partial charge in [-0.1, -0.05) is 54.1 Å². The molecule has 0 bridgehead atoms. The van der Waals surface area contributed by atoms with Crippen LogP contribution in [0, 0.1) is 11.6 Å². The molecular weight excluding hydrogens is 292 g/mol. The summed E-state index contributed by atoms with van der Waals surface area (Å²) in [5, 5.41) is 2.27. The average Bonchev–Trinajstić information content (AvgIpc) is 2.50. The zero-order chi connectivity index (χ0) is 15.0. The van der Waals surface area contributed by atoms with Gasteiger partial charge in [0.1, 0.15) is 0 Å². The van der Waals surface area contributed by atoms with Gasteiger partial charge < -0.3 is 5.73 Å². The second-order valence-electron chi connectivity index (χ2n) is 4.80. The third kappa shape index (κ3) is 2.39. The first-order chi connectivity index (χ1) is 10.1. The highest BCUT2D eigenvalue weighted by Gasteiger charge is 2.18. The van der Waals surface area contributed by atoms with Gasteiger partial charge in [-0.25, -0.2) is 8.78 Å². The summed E-state index contributed by atoms with van der Waals surface area (Å²) < 4.78 is 27.3. The number of halogens is 3. The molecule has 3 rings (SSSR count). The Kier molecular flexibility index (Phi) is 3.62. The van der Waals surface area contributed by atoms with Crippen LogP contribution in [0.2, 0.25) is 5.02 Å². The van der Waals surface area contributed by atoms with E-state index in [4.69, 9.17) is 17.3 Å². The average molecular weight is 304 g/mol. The van der Waals surface area contributed by atoms with Crippen LogP contribution in [0.15, 0.2) is 54.6 Å². The second-order valence-corrected chi connectivity index (χ2v) is 5.21. The topological polar surface area (TPSA) is 26.0 Å². The van der Waals surface area contributed by atoms with Gasteiger partial charge in [0, 0.05) is 16.0 Å². The van der Waals surface area contributed by atoms with E-state index in [1.165, 1.54) is 12.1 Å². The molecule has 0 heterocycles. The molecule has 0 aliphatic rings. The quantitative estimate of drug-likeness (QED) is 0.721. The first kappa shape index (κ1) is 14.0. The summed E-state index contributed by atoms with van der Waals surface area (Å²) in [6, 6.07) is 14.2. The van der Waals surface area contributed by atoms with Crippen LogP contribution in [0.1, 0.15) is 17.2 Å². The molecule has 106 valence electrons. The van der Waals surface area contributed by atoms with Gasteiger partial charge in [0.25, 0.3) is 0 Å². The lowest BCUT2D eigenvalue weighted by atomic mass is 9.94. The first-order valence-electron chi connectivity index (χ1n) is 6.46. The van der Waals surface area contributed by atoms with E-state index in [0.717, 1.165) is 16.8 Å². The molecule has 1 nitrogen and oxygen atoms in total. The molecule has 1 atom stereocenters. The summed E-state index contributed by atoms with van der Waals surface area (Å²) in [5.41, 5.74) is 6.99. The van der Waals surface area contributed by atoms with Gasteiger partial charge in [-0.3, -0.25) is 0 Å². The van der Waals surface area contributed by atoms with Crippen LogP contribution in [-0.4, -0.2) is 0 Å². The Bertz CT molecular complexity index is 817. The highest BCUT2D eigenvalue weighted by atomic mass is 35.5. The fraction of sp³-hybridized carbons (Fsp3) is 0.0588. The summed E-state index contributed by atoms with van der Waals surface area (Å²) >= 11 is 6.16. The van der Waals surface area contributed by atoms with E-state index in [0.29, 0.717) is 10.6 Å². The Morgan fingerprint density at radius 1 is 0.810 bits per heavy atom. The summed E-state index contributed by atoms with van der Waals surface area (Å²) in [6.45, 7) is 0. The van der Waals surface area contributed by atoms with E-state index in [1.807, 2.05) is 24.3 Å². The van der Waals surface area contributed by atoms with Gasteiger partial charge in [-0.15, -0.1) is 0 Å². The van der Waals surface area contributed by atoms with Crippen molar-refractivity contribution in [3.8, 4) is 0 Å². The minimum atomic E-state index is -0.913. The van der Waals surface area contributed by atoms with Crippen molar-refractivity contribution in [2.24, 2.45) is 5.73 Å². The molecule has 0 aromatic heterocycles. The lowest BCUT2D eigenvalue weighted by molar-refractivity contribution is 0.495. The first-order valence-corrected chi connectivity index (χ1v) is 6.84. The lowest BCUT2D eigenvalue weighted by Crippen LogP contribution is -2.14. The van der Waals surface area contributed by atoms with Crippen molar-refractivity contribution >= 4 is 22.4 Å². The van der Waals surface area contributed by atoms with Crippen LogP contribution < -0.4 is 5.73 Å². The predicted molar refractivity (Wildman–Crippen MR) is 81.3 cm³/mol. The van der Waals surface area contributed by atoms with Gasteiger partial charge in [0.15, 0.2) is 11.6 Å². The molecule has 21 heavy (non-hydrogen) atoms. The van der Waals surface area contributed by atoms with Crippen molar-refractivity contribution in [3.05, 3.63) is 82.4 Å². The molecule has 0 saturated carbocycles. The molecule has 1 unspecified atom stereocenters. The van der Waals surface area contributed by atoms with Crippen molar-refractivity contribution in [2.75, 3.05) is 0 Å². The number of hydrogen-bond acceptors (Lipinski definition) is 1. The normalized spacial score (nSPS) is 12.6. The summed E-state index contributed by atoms with van der Waals surface area (Å²) in [7, 11) is 0. The molecule has 0 aliphatic carbocycles. The third-order valence-corrected chi connectivity index (χ3v) is 3.89. The van der Waals surface area contributed by atoms with E-state index >= 15 is 0 Å². The monoisotopic (exact) mass is 303 g/mol. The van der Waals surface area contributed by atoms with E-state index in [2.05, 4.69) is 0 Å². The number of hydrogen-bond donors (Lipinski definition) is 1. The summed E-state index contributed by atoms with van der Waals surface area (Å²) in [4.78, 5) is 0. The molecule has 0 aliphatic heterocycles. The fourth-order valence-corrected chi connectivity index (χ4v) is 2.71. The number of benzene rings is 3. The van der Waals surface area contributed by atoms with E-state index in [9.17, 15) is 8.78 Å². The Morgan fingerprint density at radius 3 is 2.29 bits per heavy atom. The predicted octanol–water partition coefficient (Wildman–Crippen LogP) is 4.82. The van der Waals surface area contributed by atoms with Gasteiger partial charge >= 0.3 is 0 Å². The van der Waals surface area contributed by atoms with Gasteiger partial charge in [0.05, 0.1) is 6.04 Å². The van der Waals surface area contributed by atoms with Crippen LogP contribution in [-0.2, 0) is 0 Å². The zero-order valence-corrected chi connectivity index (χ0v) is 11.7. The van der Waals surface area contributed by atoms with Crippen LogP contribution in [0.5, 0.6) is 0 Å². The van der Waals surface area contributed by atoms with E-state index < -0.39 is 17.7 Å². The fourth-order valence-electron chi connectivity index (χ4n) is 2.49. The van der Waals surface area contributed by atoms with Crippen LogP contribution in [0.25, 0.3) is 10.8 Å². The molecule has 2 N–H and O–H groups in total. The van der Waals surface area contributed by atoms with Gasteiger partial charge in [-0.05, 0) is 23.1 Å². The van der Waals surface area contributed by atoms with Crippen LogP contribution in [0.4, 0.5) is 8.78 Å². The minimum Gasteiger partial charge on any atom is -0.320 e. The van der Waals surface area contributed by atoms with Crippen molar-refractivity contribution in [3.63, 3.8) is 0 Å².